The lowest BCUT2D eigenvalue weighted by atomic mass is 10.0. The zero-order valence-electron chi connectivity index (χ0n) is 12.5. The number of hydrogen-bond acceptors (Lipinski definition) is 3. The molecule has 0 saturated heterocycles. The Morgan fingerprint density at radius 2 is 1.89 bits per heavy atom. The normalized spacial score (nSPS) is 14.5. The van der Waals surface area contributed by atoms with Gasteiger partial charge in [0.2, 0.25) is 5.91 Å². The van der Waals surface area contributed by atoms with Crippen molar-refractivity contribution in [1.82, 2.24) is 4.90 Å². The van der Waals surface area contributed by atoms with E-state index in [2.05, 4.69) is 31.0 Å². The van der Waals surface area contributed by atoms with Gasteiger partial charge >= 0.3 is 0 Å². The van der Waals surface area contributed by atoms with Gasteiger partial charge in [-0.2, -0.15) is 0 Å². The van der Waals surface area contributed by atoms with Gasteiger partial charge in [-0.15, -0.1) is 0 Å². The fourth-order valence-corrected chi connectivity index (χ4v) is 1.87. The molecule has 1 amide bonds. The van der Waals surface area contributed by atoms with Crippen molar-refractivity contribution in [2.45, 2.75) is 39.8 Å². The van der Waals surface area contributed by atoms with Gasteiger partial charge in [0.15, 0.2) is 0 Å². The van der Waals surface area contributed by atoms with E-state index < -0.39 is 0 Å². The molecule has 1 aromatic carbocycles. The molecular formula is C15H25N3O. The zero-order chi connectivity index (χ0) is 14.6. The monoisotopic (exact) mass is 263 g/mol. The largest absolute Gasteiger partial charge is 0.399 e. The summed E-state index contributed by atoms with van der Waals surface area (Å²) in [5.74, 6) is 0.494. The predicted molar refractivity (Wildman–Crippen MR) is 81.0 cm³/mol. The highest BCUT2D eigenvalue weighted by Crippen LogP contribution is 2.15. The maximum atomic E-state index is 12.2. The Morgan fingerprint density at radius 1 is 1.26 bits per heavy atom. The second-order valence-corrected chi connectivity index (χ2v) is 5.44. The highest BCUT2D eigenvalue weighted by atomic mass is 16.2. The van der Waals surface area contributed by atoms with Gasteiger partial charge in [0.1, 0.15) is 0 Å². The summed E-state index contributed by atoms with van der Waals surface area (Å²) in [4.78, 5) is 14.3. The molecule has 1 aromatic rings. The molecular weight excluding hydrogens is 238 g/mol. The smallest absolute Gasteiger partial charge is 0.241 e. The Kier molecular flexibility index (Phi) is 5.36. The molecule has 2 unspecified atom stereocenters. The van der Waals surface area contributed by atoms with Crippen LogP contribution in [0.3, 0.4) is 0 Å². The minimum atomic E-state index is -0.182. The van der Waals surface area contributed by atoms with Crippen LogP contribution >= 0.6 is 0 Å². The minimum absolute atomic E-state index is 0.0133. The number of rotatable bonds is 5. The van der Waals surface area contributed by atoms with Crippen LogP contribution < -0.4 is 11.1 Å². The van der Waals surface area contributed by atoms with Crippen molar-refractivity contribution in [3.05, 3.63) is 24.3 Å². The Bertz CT molecular complexity index is 431. The SMILES string of the molecule is CC(C)C(C)N(C)C(C)C(=O)Nc1cccc(N)c1. The molecule has 0 aromatic heterocycles. The van der Waals surface area contributed by atoms with E-state index in [0.29, 0.717) is 17.6 Å². The van der Waals surface area contributed by atoms with Crippen molar-refractivity contribution >= 4 is 17.3 Å². The third-order valence-corrected chi connectivity index (χ3v) is 3.75. The first-order valence-corrected chi connectivity index (χ1v) is 6.71. The quantitative estimate of drug-likeness (QED) is 0.803. The van der Waals surface area contributed by atoms with E-state index in [4.69, 9.17) is 5.73 Å². The standard InChI is InChI=1S/C15H25N3O/c1-10(2)11(3)18(5)12(4)15(19)17-14-8-6-7-13(16)9-14/h6-12H,16H2,1-5H3,(H,17,19). The van der Waals surface area contributed by atoms with E-state index >= 15 is 0 Å². The average Bonchev–Trinajstić information content (AvgIpc) is 2.35. The van der Waals surface area contributed by atoms with E-state index in [0.717, 1.165) is 5.69 Å². The molecule has 0 saturated carbocycles. The van der Waals surface area contributed by atoms with Crippen LogP contribution in [0.25, 0.3) is 0 Å². The Morgan fingerprint density at radius 3 is 2.42 bits per heavy atom. The number of nitrogens with zero attached hydrogens (tertiary/aromatic N) is 1. The molecule has 2 atom stereocenters. The van der Waals surface area contributed by atoms with Gasteiger partial charge in [-0.05, 0) is 45.0 Å². The first-order valence-electron chi connectivity index (χ1n) is 6.71. The summed E-state index contributed by atoms with van der Waals surface area (Å²) in [6.45, 7) is 8.36. The molecule has 0 fully saturated rings. The van der Waals surface area contributed by atoms with Crippen molar-refractivity contribution in [2.24, 2.45) is 5.92 Å². The lowest BCUT2D eigenvalue weighted by molar-refractivity contribution is -0.121. The number of likely N-dealkylation sites (N-methyl/N-ethyl adjacent to an activating group) is 1. The molecule has 0 aliphatic carbocycles. The van der Waals surface area contributed by atoms with Crippen molar-refractivity contribution in [2.75, 3.05) is 18.1 Å². The van der Waals surface area contributed by atoms with Crippen LogP contribution in [-0.4, -0.2) is 29.9 Å². The molecule has 0 heterocycles. The molecule has 0 aliphatic heterocycles. The average molecular weight is 263 g/mol. The highest BCUT2D eigenvalue weighted by molar-refractivity contribution is 5.94. The van der Waals surface area contributed by atoms with E-state index in [9.17, 15) is 4.79 Å². The number of nitrogens with one attached hydrogen (secondary N) is 1. The first-order chi connectivity index (χ1) is 8.82. The van der Waals surface area contributed by atoms with Gasteiger partial charge in [0, 0.05) is 17.4 Å². The van der Waals surface area contributed by atoms with Crippen molar-refractivity contribution in [3.8, 4) is 0 Å². The molecule has 106 valence electrons. The maximum Gasteiger partial charge on any atom is 0.241 e. The van der Waals surface area contributed by atoms with Crippen molar-refractivity contribution < 1.29 is 4.79 Å². The molecule has 0 bridgehead atoms. The van der Waals surface area contributed by atoms with Crippen LogP contribution in [-0.2, 0) is 4.79 Å². The van der Waals surface area contributed by atoms with Crippen LogP contribution in [0.1, 0.15) is 27.7 Å². The fourth-order valence-electron chi connectivity index (χ4n) is 1.87. The molecule has 4 heteroatoms. The lowest BCUT2D eigenvalue weighted by Gasteiger charge is -2.32. The third kappa shape index (κ3) is 4.24. The Labute approximate surface area is 116 Å². The van der Waals surface area contributed by atoms with Gasteiger partial charge in [0.25, 0.3) is 0 Å². The summed E-state index contributed by atoms with van der Waals surface area (Å²) in [6.07, 6.45) is 0. The highest BCUT2D eigenvalue weighted by Gasteiger charge is 2.23. The summed E-state index contributed by atoms with van der Waals surface area (Å²) in [7, 11) is 1.98. The minimum Gasteiger partial charge on any atom is -0.399 e. The van der Waals surface area contributed by atoms with Crippen molar-refractivity contribution in [1.29, 1.82) is 0 Å². The second kappa shape index (κ2) is 6.57. The summed E-state index contributed by atoms with van der Waals surface area (Å²) in [5.41, 5.74) is 7.08. The lowest BCUT2D eigenvalue weighted by Crippen LogP contribution is -2.46. The Balaban J connectivity index is 2.67. The predicted octanol–water partition coefficient (Wildman–Crippen LogP) is 2.57. The molecule has 0 spiro atoms. The maximum absolute atomic E-state index is 12.2. The van der Waals surface area contributed by atoms with Gasteiger partial charge in [-0.1, -0.05) is 19.9 Å². The van der Waals surface area contributed by atoms with E-state index in [1.807, 2.05) is 26.1 Å². The molecule has 0 aliphatic rings. The molecule has 0 radical (unpaired) electrons. The van der Waals surface area contributed by atoms with Gasteiger partial charge < -0.3 is 11.1 Å². The summed E-state index contributed by atoms with van der Waals surface area (Å²) in [5, 5.41) is 2.90. The van der Waals surface area contributed by atoms with Crippen LogP contribution in [0.2, 0.25) is 0 Å². The van der Waals surface area contributed by atoms with Gasteiger partial charge in [0.05, 0.1) is 6.04 Å². The van der Waals surface area contributed by atoms with E-state index in [1.165, 1.54) is 0 Å². The van der Waals surface area contributed by atoms with Gasteiger partial charge in [-0.25, -0.2) is 0 Å². The van der Waals surface area contributed by atoms with Crippen LogP contribution in [0.4, 0.5) is 11.4 Å². The number of amides is 1. The van der Waals surface area contributed by atoms with Crippen LogP contribution in [0.15, 0.2) is 24.3 Å². The fraction of sp³-hybridized carbons (Fsp3) is 0.533. The summed E-state index contributed by atoms with van der Waals surface area (Å²) < 4.78 is 0. The number of anilines is 2. The van der Waals surface area contributed by atoms with Gasteiger partial charge in [-0.3, -0.25) is 9.69 Å². The number of nitrogens with two attached hydrogens (primary N) is 1. The summed E-state index contributed by atoms with van der Waals surface area (Å²) >= 11 is 0. The topological polar surface area (TPSA) is 58.4 Å². The van der Waals surface area contributed by atoms with E-state index in [1.54, 1.807) is 12.1 Å². The van der Waals surface area contributed by atoms with Crippen molar-refractivity contribution in [3.63, 3.8) is 0 Å². The van der Waals surface area contributed by atoms with Crippen LogP contribution in [0.5, 0.6) is 0 Å². The zero-order valence-corrected chi connectivity index (χ0v) is 12.5. The number of benzene rings is 1. The molecule has 1 rings (SSSR count). The third-order valence-electron chi connectivity index (χ3n) is 3.75. The molecule has 4 nitrogen and oxygen atoms in total. The first kappa shape index (κ1) is 15.5. The number of carbonyl (C=O) groups is 1. The second-order valence-electron chi connectivity index (χ2n) is 5.44. The summed E-state index contributed by atoms with van der Waals surface area (Å²) in [6, 6.07) is 7.39. The number of carbonyl (C=O) groups excluding carboxylic acids is 1. The van der Waals surface area contributed by atoms with Crippen LogP contribution in [0, 0.1) is 5.92 Å². The Hall–Kier alpha value is -1.55. The molecule has 19 heavy (non-hydrogen) atoms. The van der Waals surface area contributed by atoms with E-state index in [-0.39, 0.29) is 11.9 Å². The number of hydrogen-bond donors (Lipinski definition) is 2. The molecule has 3 N–H and O–H groups in total. The number of nitrogen functional groups attached to an aromatic ring is 1.